The van der Waals surface area contributed by atoms with Gasteiger partial charge in [0.15, 0.2) is 0 Å². The topological polar surface area (TPSA) is 40.5 Å². The number of carboxylic acids is 1. The lowest BCUT2D eigenvalue weighted by Gasteiger charge is -2.20. The lowest BCUT2D eigenvalue weighted by molar-refractivity contribution is -0.146. The van der Waals surface area contributed by atoms with Gasteiger partial charge in [-0.1, -0.05) is 28.1 Å². The van der Waals surface area contributed by atoms with Crippen LogP contribution in [0.2, 0.25) is 0 Å². The Bertz CT molecular complexity index is 513. The van der Waals surface area contributed by atoms with Crippen LogP contribution in [0.3, 0.4) is 0 Å². The van der Waals surface area contributed by atoms with E-state index in [-0.39, 0.29) is 0 Å². The van der Waals surface area contributed by atoms with Crippen molar-refractivity contribution in [3.63, 3.8) is 0 Å². The van der Waals surface area contributed by atoms with Crippen LogP contribution < -0.4 is 0 Å². The lowest BCUT2D eigenvalue weighted by atomic mass is 9.85. The highest BCUT2D eigenvalue weighted by molar-refractivity contribution is 9.10. The molecule has 1 saturated heterocycles. The van der Waals surface area contributed by atoms with Gasteiger partial charge in [0.1, 0.15) is 0 Å². The molecule has 110 valence electrons. The van der Waals surface area contributed by atoms with E-state index in [2.05, 4.69) is 46.1 Å². The van der Waals surface area contributed by atoms with E-state index in [1.54, 1.807) is 13.8 Å². The van der Waals surface area contributed by atoms with Crippen LogP contribution in [0.1, 0.15) is 37.3 Å². The fourth-order valence-corrected chi connectivity index (χ4v) is 3.54. The molecule has 0 amide bonds. The molecular weight excluding hydrogens is 318 g/mol. The zero-order chi connectivity index (χ0) is 14.9. The zero-order valence-corrected chi connectivity index (χ0v) is 13.9. The van der Waals surface area contributed by atoms with E-state index in [0.29, 0.717) is 12.3 Å². The first-order valence-electron chi connectivity index (χ1n) is 7.00. The third kappa shape index (κ3) is 3.41. The fourth-order valence-electron chi connectivity index (χ4n) is 2.79. The number of carbonyl (C=O) groups is 1. The van der Waals surface area contributed by atoms with Crippen LogP contribution in [-0.2, 0) is 11.2 Å². The number of likely N-dealkylation sites (tertiary alicyclic amines) is 1. The number of rotatable bonds is 4. The molecule has 0 aromatic heterocycles. The van der Waals surface area contributed by atoms with Gasteiger partial charge in [-0.2, -0.15) is 0 Å². The van der Waals surface area contributed by atoms with Crippen LogP contribution in [0.5, 0.6) is 0 Å². The minimum atomic E-state index is -0.755. The van der Waals surface area contributed by atoms with Crippen molar-refractivity contribution in [3.05, 3.63) is 33.8 Å². The molecule has 1 unspecified atom stereocenters. The summed E-state index contributed by atoms with van der Waals surface area (Å²) in [7, 11) is 2.15. The summed E-state index contributed by atoms with van der Waals surface area (Å²) in [5.74, 6) is -0.175. The summed E-state index contributed by atoms with van der Waals surface area (Å²) < 4.78 is 1.11. The average Bonchev–Trinajstić information content (AvgIpc) is 2.75. The maximum absolute atomic E-state index is 11.2. The summed E-state index contributed by atoms with van der Waals surface area (Å²) in [5.41, 5.74) is 1.68. The maximum Gasteiger partial charge on any atom is 0.309 e. The van der Waals surface area contributed by atoms with Crippen LogP contribution in [0.25, 0.3) is 0 Å². The number of nitrogens with zero attached hydrogens (tertiary/aromatic N) is 1. The number of likely N-dealkylation sites (N-methyl/N-ethyl adjacent to an activating group) is 1. The van der Waals surface area contributed by atoms with E-state index in [1.165, 1.54) is 12.0 Å². The van der Waals surface area contributed by atoms with E-state index in [0.717, 1.165) is 23.1 Å². The van der Waals surface area contributed by atoms with E-state index < -0.39 is 11.4 Å². The Hall–Kier alpha value is -0.870. The molecule has 1 atom stereocenters. The molecule has 20 heavy (non-hydrogen) atoms. The Labute approximate surface area is 129 Å². The first kappa shape index (κ1) is 15.5. The van der Waals surface area contributed by atoms with Crippen molar-refractivity contribution in [1.82, 2.24) is 4.90 Å². The molecule has 0 bridgehead atoms. The molecule has 1 aliphatic heterocycles. The molecule has 0 saturated carbocycles. The maximum atomic E-state index is 11.2. The molecule has 3 nitrogen and oxygen atoms in total. The summed E-state index contributed by atoms with van der Waals surface area (Å²) in [6, 6.07) is 6.31. The zero-order valence-electron chi connectivity index (χ0n) is 12.3. The standard InChI is InChI=1S/C16H22BrNO2/c1-16(2,15(19)20)9-11-4-5-13(14(17)8-11)12-6-7-18(3)10-12/h4-5,8,12H,6-7,9-10H2,1-3H3,(H,19,20). The summed E-state index contributed by atoms with van der Waals surface area (Å²) >= 11 is 3.66. The second-order valence-electron chi connectivity index (χ2n) is 6.47. The number of hydrogen-bond acceptors (Lipinski definition) is 2. The molecule has 2 rings (SSSR count). The van der Waals surface area contributed by atoms with Crippen LogP contribution in [0.4, 0.5) is 0 Å². The summed E-state index contributed by atoms with van der Waals surface area (Å²) in [4.78, 5) is 13.6. The van der Waals surface area contributed by atoms with Gasteiger partial charge in [-0.3, -0.25) is 4.79 Å². The molecule has 1 aromatic carbocycles. The fraction of sp³-hybridized carbons (Fsp3) is 0.562. The van der Waals surface area contributed by atoms with Crippen molar-refractivity contribution in [2.75, 3.05) is 20.1 Å². The predicted octanol–water partition coefficient (Wildman–Crippen LogP) is 3.52. The van der Waals surface area contributed by atoms with Crippen molar-refractivity contribution in [3.8, 4) is 0 Å². The highest BCUT2D eigenvalue weighted by atomic mass is 79.9. The van der Waals surface area contributed by atoms with Crippen molar-refractivity contribution in [2.45, 2.75) is 32.6 Å². The van der Waals surface area contributed by atoms with E-state index in [4.69, 9.17) is 0 Å². The van der Waals surface area contributed by atoms with Gasteiger partial charge in [0, 0.05) is 11.0 Å². The summed E-state index contributed by atoms with van der Waals surface area (Å²) in [5, 5.41) is 9.21. The highest BCUT2D eigenvalue weighted by Crippen LogP contribution is 2.33. The van der Waals surface area contributed by atoms with Gasteiger partial charge in [0.25, 0.3) is 0 Å². The number of hydrogen-bond donors (Lipinski definition) is 1. The van der Waals surface area contributed by atoms with Gasteiger partial charge in [-0.05, 0) is 63.4 Å². The monoisotopic (exact) mass is 339 g/mol. The van der Waals surface area contributed by atoms with Crippen LogP contribution >= 0.6 is 15.9 Å². The summed E-state index contributed by atoms with van der Waals surface area (Å²) in [6.45, 7) is 5.77. The second kappa shape index (κ2) is 5.86. The SMILES string of the molecule is CN1CCC(c2ccc(CC(C)(C)C(=O)O)cc2Br)C1. The van der Waals surface area contributed by atoms with E-state index >= 15 is 0 Å². The number of aliphatic carboxylic acids is 1. The largest absolute Gasteiger partial charge is 0.481 e. The van der Waals surface area contributed by atoms with Crippen molar-refractivity contribution >= 4 is 21.9 Å². The Morgan fingerprint density at radius 1 is 1.50 bits per heavy atom. The Morgan fingerprint density at radius 3 is 2.70 bits per heavy atom. The normalized spacial score (nSPS) is 20.3. The second-order valence-corrected chi connectivity index (χ2v) is 7.32. The van der Waals surface area contributed by atoms with Gasteiger partial charge in [0.05, 0.1) is 5.41 Å². The average molecular weight is 340 g/mol. The van der Waals surface area contributed by atoms with E-state index in [1.807, 2.05) is 0 Å². The van der Waals surface area contributed by atoms with E-state index in [9.17, 15) is 9.90 Å². The molecule has 0 radical (unpaired) electrons. The molecule has 1 N–H and O–H groups in total. The first-order valence-corrected chi connectivity index (χ1v) is 7.79. The molecule has 0 spiro atoms. The first-order chi connectivity index (χ1) is 9.29. The third-order valence-corrected chi connectivity index (χ3v) is 4.81. The van der Waals surface area contributed by atoms with Crippen molar-refractivity contribution < 1.29 is 9.90 Å². The molecule has 0 aliphatic carbocycles. The van der Waals surface area contributed by atoms with Gasteiger partial charge in [-0.15, -0.1) is 0 Å². The quantitative estimate of drug-likeness (QED) is 0.912. The van der Waals surface area contributed by atoms with Gasteiger partial charge >= 0.3 is 5.97 Å². The molecule has 1 aromatic rings. The number of benzene rings is 1. The Balaban J connectivity index is 2.16. The minimum Gasteiger partial charge on any atom is -0.481 e. The third-order valence-electron chi connectivity index (χ3n) is 4.12. The van der Waals surface area contributed by atoms with Gasteiger partial charge in [-0.25, -0.2) is 0 Å². The van der Waals surface area contributed by atoms with Crippen molar-refractivity contribution in [2.24, 2.45) is 5.41 Å². The van der Waals surface area contributed by atoms with Crippen LogP contribution in [-0.4, -0.2) is 36.1 Å². The van der Waals surface area contributed by atoms with Crippen LogP contribution in [0.15, 0.2) is 22.7 Å². The molecule has 1 aliphatic rings. The van der Waals surface area contributed by atoms with Gasteiger partial charge in [0.2, 0.25) is 0 Å². The Morgan fingerprint density at radius 2 is 2.20 bits per heavy atom. The predicted molar refractivity (Wildman–Crippen MR) is 84.1 cm³/mol. The Kier molecular flexibility index (Phi) is 4.55. The van der Waals surface area contributed by atoms with Crippen LogP contribution in [0, 0.1) is 5.41 Å². The van der Waals surface area contributed by atoms with Crippen molar-refractivity contribution in [1.29, 1.82) is 0 Å². The number of carboxylic acid groups (broad SMARTS) is 1. The highest BCUT2D eigenvalue weighted by Gasteiger charge is 2.28. The number of halogens is 1. The lowest BCUT2D eigenvalue weighted by Crippen LogP contribution is -2.26. The molecule has 4 heteroatoms. The smallest absolute Gasteiger partial charge is 0.309 e. The van der Waals surface area contributed by atoms with Gasteiger partial charge < -0.3 is 10.0 Å². The summed E-state index contributed by atoms with van der Waals surface area (Å²) in [6.07, 6.45) is 1.74. The molecule has 1 fully saturated rings. The molecular formula is C16H22BrNO2. The molecule has 1 heterocycles. The minimum absolute atomic E-state index is 0.547.